The maximum atomic E-state index is 12.4. The van der Waals surface area contributed by atoms with E-state index in [1.54, 1.807) is 6.20 Å². The molecular weight excluding hydrogens is 257 g/mol. The number of carbonyl (C=O) groups is 1. The number of fused-ring (bicyclic) bond motifs is 1. The molecule has 2 aromatic rings. The summed E-state index contributed by atoms with van der Waals surface area (Å²) in [5.74, 6) is 0.0138. The van der Waals surface area contributed by atoms with Crippen LogP contribution in [-0.2, 0) is 0 Å². The number of benzene rings is 1. The maximum Gasteiger partial charge on any atom is 0.173 e. The number of hydrogen-bond donors (Lipinski definition) is 1. The normalized spacial score (nSPS) is 26.1. The number of hydrogen-bond acceptors (Lipinski definition) is 1. The zero-order valence-electron chi connectivity index (χ0n) is 9.26. The molecule has 0 spiro atoms. The number of aromatic amines is 1. The lowest BCUT2D eigenvalue weighted by molar-refractivity contribution is 0.0912. The van der Waals surface area contributed by atoms with Gasteiger partial charge in [-0.15, -0.1) is 23.2 Å². The van der Waals surface area contributed by atoms with E-state index < -0.39 is 9.75 Å². The third-order valence-corrected chi connectivity index (χ3v) is 4.69. The van der Waals surface area contributed by atoms with Gasteiger partial charge in [0.05, 0.1) is 5.41 Å². The maximum absolute atomic E-state index is 12.4. The molecule has 3 rings (SSSR count). The highest BCUT2D eigenvalue weighted by atomic mass is 35.5. The molecule has 1 N–H and O–H groups in total. The van der Waals surface area contributed by atoms with E-state index in [0.29, 0.717) is 12.0 Å². The molecule has 1 heterocycles. The molecule has 1 atom stereocenters. The van der Waals surface area contributed by atoms with Crippen molar-refractivity contribution in [1.29, 1.82) is 0 Å². The van der Waals surface area contributed by atoms with E-state index in [0.717, 1.165) is 10.9 Å². The Bertz CT molecular complexity index is 617. The van der Waals surface area contributed by atoms with Gasteiger partial charge in [-0.3, -0.25) is 4.79 Å². The van der Waals surface area contributed by atoms with Crippen molar-refractivity contribution >= 4 is 39.9 Å². The molecule has 4 heteroatoms. The van der Waals surface area contributed by atoms with Gasteiger partial charge in [0.1, 0.15) is 4.33 Å². The molecule has 88 valence electrons. The monoisotopic (exact) mass is 267 g/mol. The van der Waals surface area contributed by atoms with Crippen molar-refractivity contribution in [1.82, 2.24) is 4.98 Å². The highest BCUT2D eigenvalue weighted by Crippen LogP contribution is 2.65. The largest absolute Gasteiger partial charge is 0.360 e. The predicted molar refractivity (Wildman–Crippen MR) is 69.8 cm³/mol. The molecule has 1 aliphatic carbocycles. The van der Waals surface area contributed by atoms with Gasteiger partial charge >= 0.3 is 0 Å². The summed E-state index contributed by atoms with van der Waals surface area (Å²) in [6, 6.07) is 7.71. The summed E-state index contributed by atoms with van der Waals surface area (Å²) in [5.41, 5.74) is 0.974. The standard InChI is InChI=1S/C13H11Cl2NO/c1-12(7-13(12,14)15)11(17)9-6-16-10-5-3-2-4-8(9)10/h2-6,16H,7H2,1H3. The highest BCUT2D eigenvalue weighted by Gasteiger charge is 2.67. The van der Waals surface area contributed by atoms with Gasteiger partial charge in [0.2, 0.25) is 0 Å². The van der Waals surface area contributed by atoms with Gasteiger partial charge < -0.3 is 4.98 Å². The Morgan fingerprint density at radius 3 is 2.65 bits per heavy atom. The summed E-state index contributed by atoms with van der Waals surface area (Å²) >= 11 is 12.1. The smallest absolute Gasteiger partial charge is 0.173 e. The van der Waals surface area contributed by atoms with Crippen LogP contribution in [0.1, 0.15) is 23.7 Å². The van der Waals surface area contributed by atoms with E-state index >= 15 is 0 Å². The molecule has 1 aliphatic rings. The van der Waals surface area contributed by atoms with Crippen LogP contribution in [0.25, 0.3) is 10.9 Å². The first kappa shape index (κ1) is 11.1. The lowest BCUT2D eigenvalue weighted by atomic mass is 9.96. The summed E-state index contributed by atoms with van der Waals surface area (Å²) in [6.07, 6.45) is 2.25. The van der Waals surface area contributed by atoms with Crippen LogP contribution in [0.3, 0.4) is 0 Å². The number of halogens is 2. The SMILES string of the molecule is CC1(C(=O)c2c[nH]c3ccccc23)CC1(Cl)Cl. The minimum atomic E-state index is -0.914. The lowest BCUT2D eigenvalue weighted by Crippen LogP contribution is -2.18. The first-order valence-corrected chi connectivity index (χ1v) is 6.20. The van der Waals surface area contributed by atoms with E-state index in [2.05, 4.69) is 4.98 Å². The zero-order chi connectivity index (χ0) is 12.3. The number of H-pyrrole nitrogens is 1. The molecular formula is C13H11Cl2NO. The van der Waals surface area contributed by atoms with Crippen molar-refractivity contribution in [3.63, 3.8) is 0 Å². The summed E-state index contributed by atoms with van der Waals surface area (Å²) < 4.78 is -0.914. The first-order valence-electron chi connectivity index (χ1n) is 5.44. The van der Waals surface area contributed by atoms with E-state index in [-0.39, 0.29) is 5.78 Å². The van der Waals surface area contributed by atoms with Crippen LogP contribution in [-0.4, -0.2) is 15.1 Å². The minimum absolute atomic E-state index is 0.0138. The van der Waals surface area contributed by atoms with Crippen LogP contribution in [0, 0.1) is 5.41 Å². The van der Waals surface area contributed by atoms with Gasteiger partial charge in [-0.25, -0.2) is 0 Å². The van der Waals surface area contributed by atoms with E-state index in [1.165, 1.54) is 0 Å². The molecule has 0 bridgehead atoms. The van der Waals surface area contributed by atoms with Crippen molar-refractivity contribution in [2.24, 2.45) is 5.41 Å². The van der Waals surface area contributed by atoms with Gasteiger partial charge in [-0.05, 0) is 19.4 Å². The van der Waals surface area contributed by atoms with Crippen LogP contribution in [0.15, 0.2) is 30.5 Å². The van der Waals surface area contributed by atoms with Gasteiger partial charge in [-0.2, -0.15) is 0 Å². The molecule has 1 aromatic heterocycles. The Labute approximate surface area is 109 Å². The van der Waals surface area contributed by atoms with Crippen LogP contribution >= 0.6 is 23.2 Å². The number of para-hydroxylation sites is 1. The Balaban J connectivity index is 2.09. The van der Waals surface area contributed by atoms with Crippen molar-refractivity contribution < 1.29 is 4.79 Å². The number of carbonyl (C=O) groups excluding carboxylic acids is 1. The van der Waals surface area contributed by atoms with Crippen LogP contribution in [0.5, 0.6) is 0 Å². The molecule has 0 aliphatic heterocycles. The number of aromatic nitrogens is 1. The van der Waals surface area contributed by atoms with Crippen molar-refractivity contribution in [3.8, 4) is 0 Å². The zero-order valence-corrected chi connectivity index (χ0v) is 10.8. The molecule has 1 aromatic carbocycles. The molecule has 1 unspecified atom stereocenters. The Morgan fingerprint density at radius 2 is 2.00 bits per heavy atom. The Kier molecular flexibility index (Phi) is 2.14. The lowest BCUT2D eigenvalue weighted by Gasteiger charge is -2.09. The molecule has 1 saturated carbocycles. The second kappa shape index (κ2) is 3.27. The Morgan fingerprint density at radius 1 is 1.35 bits per heavy atom. The molecule has 0 radical (unpaired) electrons. The molecule has 2 nitrogen and oxygen atoms in total. The van der Waals surface area contributed by atoms with E-state index in [9.17, 15) is 4.79 Å². The Hall–Kier alpha value is -0.990. The quantitative estimate of drug-likeness (QED) is 0.649. The average molecular weight is 268 g/mol. The summed E-state index contributed by atoms with van der Waals surface area (Å²) in [5, 5.41) is 0.926. The number of rotatable bonds is 2. The van der Waals surface area contributed by atoms with Gasteiger partial charge in [0.15, 0.2) is 5.78 Å². The summed E-state index contributed by atoms with van der Waals surface area (Å²) in [4.78, 5) is 15.5. The highest BCUT2D eigenvalue weighted by molar-refractivity contribution is 6.53. The van der Waals surface area contributed by atoms with Crippen molar-refractivity contribution in [2.75, 3.05) is 0 Å². The van der Waals surface area contributed by atoms with E-state index in [1.807, 2.05) is 31.2 Å². The van der Waals surface area contributed by atoms with Gasteiger partial charge in [-0.1, -0.05) is 18.2 Å². The summed E-state index contributed by atoms with van der Waals surface area (Å²) in [7, 11) is 0. The van der Waals surface area contributed by atoms with E-state index in [4.69, 9.17) is 23.2 Å². The molecule has 17 heavy (non-hydrogen) atoms. The number of ketones is 1. The topological polar surface area (TPSA) is 32.9 Å². The third-order valence-electron chi connectivity index (χ3n) is 3.59. The summed E-state index contributed by atoms with van der Waals surface area (Å²) in [6.45, 7) is 1.82. The number of Topliss-reactive ketones (excluding diaryl/α,β-unsaturated/α-hetero) is 1. The van der Waals surface area contributed by atoms with Crippen LogP contribution in [0.2, 0.25) is 0 Å². The fourth-order valence-electron chi connectivity index (χ4n) is 2.20. The van der Waals surface area contributed by atoms with Crippen LogP contribution < -0.4 is 0 Å². The second-order valence-corrected chi connectivity index (χ2v) is 6.27. The first-order chi connectivity index (χ1) is 7.96. The van der Waals surface area contributed by atoms with Crippen molar-refractivity contribution in [3.05, 3.63) is 36.0 Å². The number of alkyl halides is 2. The van der Waals surface area contributed by atoms with Crippen molar-refractivity contribution in [2.45, 2.75) is 17.7 Å². The molecule has 1 fully saturated rings. The fraction of sp³-hybridized carbons (Fsp3) is 0.308. The fourth-order valence-corrected chi connectivity index (χ4v) is 2.91. The van der Waals surface area contributed by atoms with Gasteiger partial charge in [0.25, 0.3) is 0 Å². The molecule has 0 saturated heterocycles. The average Bonchev–Trinajstić information content (AvgIpc) is 2.67. The van der Waals surface area contributed by atoms with Crippen LogP contribution in [0.4, 0.5) is 0 Å². The second-order valence-electron chi connectivity index (χ2n) is 4.79. The molecule has 0 amide bonds. The number of nitrogens with one attached hydrogen (secondary N) is 1. The third kappa shape index (κ3) is 1.44. The minimum Gasteiger partial charge on any atom is -0.360 e. The van der Waals surface area contributed by atoms with Gasteiger partial charge in [0, 0.05) is 22.7 Å². The predicted octanol–water partition coefficient (Wildman–Crippen LogP) is 3.93.